The summed E-state index contributed by atoms with van der Waals surface area (Å²) in [7, 11) is -3.41. The van der Waals surface area contributed by atoms with Crippen molar-refractivity contribution in [3.05, 3.63) is 71.3 Å². The van der Waals surface area contributed by atoms with E-state index in [1.807, 2.05) is 18.2 Å². The van der Waals surface area contributed by atoms with Crippen molar-refractivity contribution < 1.29 is 13.2 Å². The average molecular weight is 346 g/mol. The smallest absolute Gasteiger partial charge is 0.251 e. The molecule has 5 nitrogen and oxygen atoms in total. The van der Waals surface area contributed by atoms with Crippen molar-refractivity contribution in [1.29, 1.82) is 0 Å². The summed E-state index contributed by atoms with van der Waals surface area (Å²) in [5, 5.41) is 2.83. The predicted octanol–water partition coefficient (Wildman–Crippen LogP) is 2.44. The molecule has 2 rings (SSSR count). The molecule has 0 fully saturated rings. The number of amides is 1. The van der Waals surface area contributed by atoms with Crippen molar-refractivity contribution in [2.24, 2.45) is 0 Å². The lowest BCUT2D eigenvalue weighted by molar-refractivity contribution is 0.0951. The molecule has 2 aromatic rings. The molecule has 0 radical (unpaired) electrons. The Labute approximate surface area is 143 Å². The lowest BCUT2D eigenvalue weighted by Crippen LogP contribution is -2.31. The van der Waals surface area contributed by atoms with E-state index in [-0.39, 0.29) is 24.2 Å². The van der Waals surface area contributed by atoms with Crippen molar-refractivity contribution in [1.82, 2.24) is 10.0 Å². The number of benzene rings is 2. The first-order valence-corrected chi connectivity index (χ1v) is 9.42. The van der Waals surface area contributed by atoms with Gasteiger partial charge in [-0.25, -0.2) is 13.1 Å². The Morgan fingerprint density at radius 1 is 0.958 bits per heavy atom. The van der Waals surface area contributed by atoms with E-state index < -0.39 is 10.0 Å². The predicted molar refractivity (Wildman–Crippen MR) is 94.9 cm³/mol. The second kappa shape index (κ2) is 8.08. The Morgan fingerprint density at radius 2 is 1.54 bits per heavy atom. The van der Waals surface area contributed by atoms with Crippen molar-refractivity contribution in [3.8, 4) is 0 Å². The third kappa shape index (κ3) is 5.47. The standard InChI is InChI=1S/C18H22N2O3S/c1-14(2)20-24(22,23)13-17-11-7-6-10-16(17)12-19-18(21)15-8-4-3-5-9-15/h3-11,14,20H,12-13H2,1-2H3,(H,19,21). The van der Waals surface area contributed by atoms with Gasteiger partial charge in [0.1, 0.15) is 0 Å². The van der Waals surface area contributed by atoms with Gasteiger partial charge in [0.05, 0.1) is 5.75 Å². The normalized spacial score (nSPS) is 11.5. The minimum absolute atomic E-state index is 0.109. The zero-order chi connectivity index (χ0) is 17.6. The van der Waals surface area contributed by atoms with Crippen molar-refractivity contribution >= 4 is 15.9 Å². The Bertz CT molecular complexity index is 787. The van der Waals surface area contributed by atoms with Gasteiger partial charge in [-0.2, -0.15) is 0 Å². The Morgan fingerprint density at radius 3 is 2.17 bits per heavy atom. The second-order valence-electron chi connectivity index (χ2n) is 5.85. The fourth-order valence-corrected chi connectivity index (χ4v) is 3.84. The highest BCUT2D eigenvalue weighted by Crippen LogP contribution is 2.13. The Kier molecular flexibility index (Phi) is 6.11. The highest BCUT2D eigenvalue weighted by atomic mass is 32.2. The summed E-state index contributed by atoms with van der Waals surface area (Å²) in [5.74, 6) is -0.295. The summed E-state index contributed by atoms with van der Waals surface area (Å²) in [6.45, 7) is 3.84. The lowest BCUT2D eigenvalue weighted by atomic mass is 10.1. The summed E-state index contributed by atoms with van der Waals surface area (Å²) in [6.07, 6.45) is 0. The van der Waals surface area contributed by atoms with Crippen molar-refractivity contribution in [3.63, 3.8) is 0 Å². The van der Waals surface area contributed by atoms with E-state index in [1.165, 1.54) is 0 Å². The van der Waals surface area contributed by atoms with E-state index in [4.69, 9.17) is 0 Å². The van der Waals surface area contributed by atoms with Crippen LogP contribution in [0.4, 0.5) is 0 Å². The van der Waals surface area contributed by atoms with Crippen LogP contribution in [-0.4, -0.2) is 20.4 Å². The first-order valence-electron chi connectivity index (χ1n) is 7.77. The molecule has 2 N–H and O–H groups in total. The zero-order valence-corrected chi connectivity index (χ0v) is 14.6. The SMILES string of the molecule is CC(C)NS(=O)(=O)Cc1ccccc1CNC(=O)c1ccccc1. The molecular formula is C18H22N2O3S. The lowest BCUT2D eigenvalue weighted by Gasteiger charge is -2.13. The van der Waals surface area contributed by atoms with Crippen LogP contribution in [-0.2, 0) is 22.3 Å². The molecule has 0 spiro atoms. The number of hydrogen-bond donors (Lipinski definition) is 2. The highest BCUT2D eigenvalue weighted by Gasteiger charge is 2.15. The molecule has 128 valence electrons. The summed E-state index contributed by atoms with van der Waals surface area (Å²) in [5.41, 5.74) is 2.04. The van der Waals surface area contributed by atoms with Gasteiger partial charge < -0.3 is 5.32 Å². The van der Waals surface area contributed by atoms with Gasteiger partial charge >= 0.3 is 0 Å². The molecule has 0 heterocycles. The van der Waals surface area contributed by atoms with Crippen LogP contribution in [0.2, 0.25) is 0 Å². The van der Waals surface area contributed by atoms with Gasteiger partial charge in [-0.1, -0.05) is 42.5 Å². The molecule has 0 atom stereocenters. The van der Waals surface area contributed by atoms with Crippen LogP contribution in [0.15, 0.2) is 54.6 Å². The van der Waals surface area contributed by atoms with Crippen LogP contribution in [0.5, 0.6) is 0 Å². The molecule has 0 unspecified atom stereocenters. The molecular weight excluding hydrogens is 324 g/mol. The number of carbonyl (C=O) groups is 1. The van der Waals surface area contributed by atoms with E-state index in [1.54, 1.807) is 50.2 Å². The number of sulfonamides is 1. The fourth-order valence-electron chi connectivity index (χ4n) is 2.34. The van der Waals surface area contributed by atoms with Gasteiger partial charge in [-0.3, -0.25) is 4.79 Å². The van der Waals surface area contributed by atoms with Gasteiger partial charge in [0, 0.05) is 18.2 Å². The topological polar surface area (TPSA) is 75.3 Å². The van der Waals surface area contributed by atoms with E-state index in [0.29, 0.717) is 11.1 Å². The van der Waals surface area contributed by atoms with Crippen LogP contribution in [0.25, 0.3) is 0 Å². The third-order valence-corrected chi connectivity index (χ3v) is 4.88. The maximum Gasteiger partial charge on any atom is 0.251 e. The maximum absolute atomic E-state index is 12.1. The Balaban J connectivity index is 2.08. The molecule has 0 saturated heterocycles. The molecule has 0 aliphatic rings. The molecule has 0 aliphatic carbocycles. The largest absolute Gasteiger partial charge is 0.348 e. The first-order chi connectivity index (χ1) is 11.4. The summed E-state index contributed by atoms with van der Waals surface area (Å²) in [6, 6.07) is 16.0. The van der Waals surface area contributed by atoms with Gasteiger partial charge in [0.15, 0.2) is 0 Å². The zero-order valence-electron chi connectivity index (χ0n) is 13.8. The number of rotatable bonds is 7. The molecule has 6 heteroatoms. The van der Waals surface area contributed by atoms with Crippen LogP contribution < -0.4 is 10.0 Å². The van der Waals surface area contributed by atoms with E-state index in [0.717, 1.165) is 5.56 Å². The number of hydrogen-bond acceptors (Lipinski definition) is 3. The number of nitrogens with one attached hydrogen (secondary N) is 2. The molecule has 1 amide bonds. The highest BCUT2D eigenvalue weighted by molar-refractivity contribution is 7.88. The summed E-state index contributed by atoms with van der Waals surface area (Å²) >= 11 is 0. The molecule has 0 aliphatic heterocycles. The minimum atomic E-state index is -3.41. The van der Waals surface area contributed by atoms with E-state index in [2.05, 4.69) is 10.0 Å². The van der Waals surface area contributed by atoms with Crippen LogP contribution >= 0.6 is 0 Å². The molecule has 0 saturated carbocycles. The molecule has 2 aromatic carbocycles. The van der Waals surface area contributed by atoms with E-state index in [9.17, 15) is 13.2 Å². The molecule has 0 aromatic heterocycles. The Hall–Kier alpha value is -2.18. The number of carbonyl (C=O) groups excluding carboxylic acids is 1. The second-order valence-corrected chi connectivity index (χ2v) is 7.60. The summed E-state index contributed by atoms with van der Waals surface area (Å²) < 4.78 is 26.8. The molecule has 24 heavy (non-hydrogen) atoms. The summed E-state index contributed by atoms with van der Waals surface area (Å²) in [4.78, 5) is 12.1. The van der Waals surface area contributed by atoms with Crippen LogP contribution in [0.3, 0.4) is 0 Å². The minimum Gasteiger partial charge on any atom is -0.348 e. The third-order valence-electron chi connectivity index (χ3n) is 3.35. The first kappa shape index (κ1) is 18.2. The quantitative estimate of drug-likeness (QED) is 0.808. The van der Waals surface area contributed by atoms with Gasteiger partial charge in [0.25, 0.3) is 5.91 Å². The van der Waals surface area contributed by atoms with Crippen LogP contribution in [0, 0.1) is 0 Å². The van der Waals surface area contributed by atoms with Crippen molar-refractivity contribution in [2.45, 2.75) is 32.2 Å². The van der Waals surface area contributed by atoms with Gasteiger partial charge in [-0.15, -0.1) is 0 Å². The van der Waals surface area contributed by atoms with E-state index >= 15 is 0 Å². The van der Waals surface area contributed by atoms with Crippen molar-refractivity contribution in [2.75, 3.05) is 0 Å². The van der Waals surface area contributed by atoms with Crippen LogP contribution in [0.1, 0.15) is 35.3 Å². The van der Waals surface area contributed by atoms with Gasteiger partial charge in [0.2, 0.25) is 10.0 Å². The average Bonchev–Trinajstić information content (AvgIpc) is 2.53. The van der Waals surface area contributed by atoms with Gasteiger partial charge in [-0.05, 0) is 37.1 Å². The maximum atomic E-state index is 12.1. The monoisotopic (exact) mass is 346 g/mol. The fraction of sp³-hybridized carbons (Fsp3) is 0.278. The molecule has 0 bridgehead atoms.